The van der Waals surface area contributed by atoms with Crippen LogP contribution in [0.25, 0.3) is 0 Å². The number of nitrogens with zero attached hydrogens (tertiary/aromatic N) is 2. The molecule has 0 N–H and O–H groups in total. The van der Waals surface area contributed by atoms with E-state index >= 15 is 0 Å². The van der Waals surface area contributed by atoms with Gasteiger partial charge in [-0.15, -0.1) is 0 Å². The van der Waals surface area contributed by atoms with Crippen LogP contribution in [0.5, 0.6) is 5.75 Å². The minimum absolute atomic E-state index is 0.0400. The van der Waals surface area contributed by atoms with Gasteiger partial charge in [0, 0.05) is 30.6 Å². The first kappa shape index (κ1) is 18.0. The number of anilines is 1. The minimum atomic E-state index is -2.96. The van der Waals surface area contributed by atoms with Crippen molar-refractivity contribution in [2.45, 2.75) is 25.6 Å². The van der Waals surface area contributed by atoms with E-state index < -0.39 is 18.7 Å². The largest absolute Gasteiger partial charge is 0.435 e. The third kappa shape index (κ3) is 4.04. The van der Waals surface area contributed by atoms with Crippen LogP contribution in [0, 0.1) is 0 Å². The van der Waals surface area contributed by atoms with Crippen molar-refractivity contribution in [1.82, 2.24) is 0 Å². The number of hydrogen-bond acceptors (Lipinski definition) is 3. The van der Waals surface area contributed by atoms with E-state index in [2.05, 4.69) is 9.73 Å². The molecule has 0 amide bonds. The monoisotopic (exact) mass is 364 g/mol. The molecule has 2 aromatic carbocycles. The summed E-state index contributed by atoms with van der Waals surface area (Å²) >= 11 is 0. The van der Waals surface area contributed by atoms with Gasteiger partial charge in [0.25, 0.3) is 5.92 Å². The zero-order valence-electron chi connectivity index (χ0n) is 13.8. The highest BCUT2D eigenvalue weighted by Gasteiger charge is 2.26. The first-order chi connectivity index (χ1) is 12.3. The molecule has 1 atom stereocenters. The second-order valence-corrected chi connectivity index (χ2v) is 5.81. The van der Waals surface area contributed by atoms with E-state index in [0.717, 1.165) is 6.92 Å². The molecule has 0 aliphatic carbocycles. The molecule has 2 aromatic rings. The Balaban J connectivity index is 1.90. The van der Waals surface area contributed by atoms with Crippen molar-refractivity contribution in [3.05, 3.63) is 71.9 Å². The number of alkyl halides is 4. The van der Waals surface area contributed by atoms with E-state index in [0.29, 0.717) is 11.3 Å². The van der Waals surface area contributed by atoms with Gasteiger partial charge in [-0.25, -0.2) is 8.78 Å². The normalized spacial score (nSPS) is 17.0. The summed E-state index contributed by atoms with van der Waals surface area (Å²) in [6.45, 7) is -2.05. The summed E-state index contributed by atoms with van der Waals surface area (Å²) in [5, 5.41) is 0. The molecule has 1 aliphatic rings. The van der Waals surface area contributed by atoms with Gasteiger partial charge >= 0.3 is 6.61 Å². The minimum Gasteiger partial charge on any atom is -0.435 e. The van der Waals surface area contributed by atoms with Crippen LogP contribution in [0.3, 0.4) is 0 Å². The third-order valence-corrected chi connectivity index (χ3v) is 3.88. The Bertz CT molecular complexity index is 813. The Morgan fingerprint density at radius 3 is 2.50 bits per heavy atom. The first-order valence-electron chi connectivity index (χ1n) is 7.86. The quantitative estimate of drug-likeness (QED) is 0.654. The molecule has 3 rings (SSSR count). The van der Waals surface area contributed by atoms with Crippen molar-refractivity contribution in [2.75, 3.05) is 4.90 Å². The molecule has 0 radical (unpaired) electrons. The van der Waals surface area contributed by atoms with E-state index in [1.54, 1.807) is 47.7 Å². The number of ether oxygens (including phenoxy) is 1. The molecule has 3 nitrogen and oxygen atoms in total. The molecule has 0 saturated carbocycles. The van der Waals surface area contributed by atoms with Crippen LogP contribution >= 0.6 is 0 Å². The van der Waals surface area contributed by atoms with Crippen LogP contribution in [-0.4, -0.2) is 12.8 Å². The second-order valence-electron chi connectivity index (χ2n) is 5.81. The lowest BCUT2D eigenvalue weighted by molar-refractivity contribution is -0.0498. The van der Waals surface area contributed by atoms with Gasteiger partial charge < -0.3 is 9.64 Å². The summed E-state index contributed by atoms with van der Waals surface area (Å²) < 4.78 is 56.1. The summed E-state index contributed by atoms with van der Waals surface area (Å²) in [6.07, 6.45) is 4.53. The summed E-state index contributed by atoms with van der Waals surface area (Å²) in [7, 11) is 0. The van der Waals surface area contributed by atoms with Crippen LogP contribution in [0.15, 0.2) is 65.8 Å². The van der Waals surface area contributed by atoms with Gasteiger partial charge in [-0.2, -0.15) is 8.78 Å². The summed E-state index contributed by atoms with van der Waals surface area (Å²) in [4.78, 5) is 6.11. The molecule has 7 heteroatoms. The maximum atomic E-state index is 13.6. The van der Waals surface area contributed by atoms with Crippen molar-refractivity contribution in [1.29, 1.82) is 0 Å². The molecule has 0 spiro atoms. The Hall–Kier alpha value is -2.83. The van der Waals surface area contributed by atoms with Crippen LogP contribution < -0.4 is 9.64 Å². The summed E-state index contributed by atoms with van der Waals surface area (Å²) in [5.41, 5.74) is 1.16. The fraction of sp³-hybridized carbons (Fsp3) is 0.211. The zero-order chi connectivity index (χ0) is 18.7. The van der Waals surface area contributed by atoms with E-state index in [9.17, 15) is 17.6 Å². The predicted octanol–water partition coefficient (Wildman–Crippen LogP) is 5.50. The van der Waals surface area contributed by atoms with Gasteiger partial charge in [0.15, 0.2) is 6.17 Å². The number of hydrogen-bond donors (Lipinski definition) is 0. The highest BCUT2D eigenvalue weighted by molar-refractivity contribution is 5.75. The molecule has 1 heterocycles. The SMILES string of the molecule is CC(F)(F)c1cccc(N2C=CC=NC2c2ccc(OC(F)F)cc2)c1. The molecule has 0 saturated heterocycles. The fourth-order valence-corrected chi connectivity index (χ4v) is 2.65. The number of halogens is 4. The van der Waals surface area contributed by atoms with Gasteiger partial charge in [0.1, 0.15) is 5.75 Å². The van der Waals surface area contributed by atoms with E-state index in [1.165, 1.54) is 24.3 Å². The average molecular weight is 364 g/mol. The summed E-state index contributed by atoms with van der Waals surface area (Å²) in [5.74, 6) is -2.92. The van der Waals surface area contributed by atoms with Crippen LogP contribution in [-0.2, 0) is 5.92 Å². The molecular formula is C19H16F4N2O. The number of rotatable bonds is 5. The van der Waals surface area contributed by atoms with Crippen LogP contribution in [0.4, 0.5) is 23.2 Å². The predicted molar refractivity (Wildman–Crippen MR) is 91.9 cm³/mol. The smallest absolute Gasteiger partial charge is 0.387 e. The number of allylic oxidation sites excluding steroid dienone is 1. The Labute approximate surface area is 148 Å². The van der Waals surface area contributed by atoms with E-state index in [-0.39, 0.29) is 11.3 Å². The molecule has 1 aliphatic heterocycles. The van der Waals surface area contributed by atoms with Crippen molar-refractivity contribution >= 4 is 11.9 Å². The lowest BCUT2D eigenvalue weighted by Gasteiger charge is -2.30. The highest BCUT2D eigenvalue weighted by Crippen LogP contribution is 2.35. The van der Waals surface area contributed by atoms with Crippen LogP contribution in [0.1, 0.15) is 24.2 Å². The molecule has 0 bridgehead atoms. The van der Waals surface area contributed by atoms with Crippen molar-refractivity contribution in [2.24, 2.45) is 4.99 Å². The topological polar surface area (TPSA) is 24.8 Å². The standard InChI is InChI=1S/C19H16F4N2O/c1-19(22,23)14-4-2-5-15(12-14)25-11-3-10-24-17(25)13-6-8-16(9-7-13)26-18(20)21/h2-12,17-18H,1H3. The molecule has 136 valence electrons. The average Bonchev–Trinajstić information content (AvgIpc) is 2.61. The van der Waals surface area contributed by atoms with Crippen molar-refractivity contribution in [3.63, 3.8) is 0 Å². The third-order valence-electron chi connectivity index (χ3n) is 3.88. The van der Waals surface area contributed by atoms with Gasteiger partial charge in [-0.3, -0.25) is 4.99 Å². The maximum Gasteiger partial charge on any atom is 0.387 e. The van der Waals surface area contributed by atoms with Gasteiger partial charge in [0.05, 0.1) is 0 Å². The van der Waals surface area contributed by atoms with E-state index in [1.807, 2.05) is 0 Å². The highest BCUT2D eigenvalue weighted by atomic mass is 19.3. The fourth-order valence-electron chi connectivity index (χ4n) is 2.65. The number of aliphatic imine (C=N–C) groups is 1. The Kier molecular flexibility index (Phi) is 4.97. The lowest BCUT2D eigenvalue weighted by Crippen LogP contribution is -2.24. The van der Waals surface area contributed by atoms with Gasteiger partial charge in [-0.05, 0) is 35.9 Å². The number of benzene rings is 2. The molecule has 26 heavy (non-hydrogen) atoms. The molecule has 0 aromatic heterocycles. The molecule has 0 fully saturated rings. The van der Waals surface area contributed by atoms with Gasteiger partial charge in [0.2, 0.25) is 0 Å². The van der Waals surface area contributed by atoms with Crippen LogP contribution in [0.2, 0.25) is 0 Å². The van der Waals surface area contributed by atoms with Crippen molar-refractivity contribution < 1.29 is 22.3 Å². The Morgan fingerprint density at radius 1 is 1.12 bits per heavy atom. The summed E-state index contributed by atoms with van der Waals surface area (Å²) in [6, 6.07) is 12.1. The Morgan fingerprint density at radius 2 is 1.85 bits per heavy atom. The van der Waals surface area contributed by atoms with Crippen molar-refractivity contribution in [3.8, 4) is 5.75 Å². The first-order valence-corrected chi connectivity index (χ1v) is 7.86. The maximum absolute atomic E-state index is 13.6. The molecular weight excluding hydrogens is 348 g/mol. The lowest BCUT2D eigenvalue weighted by atomic mass is 10.1. The second kappa shape index (κ2) is 7.19. The zero-order valence-corrected chi connectivity index (χ0v) is 13.8. The van der Waals surface area contributed by atoms with Gasteiger partial charge in [-0.1, -0.05) is 24.3 Å². The van der Waals surface area contributed by atoms with E-state index in [4.69, 9.17) is 0 Å². The molecule has 1 unspecified atom stereocenters.